The molecule has 0 bridgehead atoms. The van der Waals surface area contributed by atoms with E-state index in [2.05, 4.69) is 15.3 Å². The monoisotopic (exact) mass is 323 g/mol. The van der Waals surface area contributed by atoms with Crippen LogP contribution in [-0.2, 0) is 4.79 Å². The van der Waals surface area contributed by atoms with E-state index in [1.165, 1.54) is 12.1 Å². The average molecular weight is 323 g/mol. The number of H-pyrrole nitrogens is 1. The highest BCUT2D eigenvalue weighted by Crippen LogP contribution is 2.20. The van der Waals surface area contributed by atoms with Crippen LogP contribution < -0.4 is 10.9 Å². The molecular weight excluding hydrogens is 305 g/mol. The molecule has 2 aromatic rings. The molecule has 0 saturated carbocycles. The van der Waals surface area contributed by atoms with Crippen LogP contribution >= 0.6 is 11.8 Å². The third kappa shape index (κ3) is 4.07. The highest BCUT2D eigenvalue weighted by atomic mass is 32.2. The number of hydrogen-bond acceptors (Lipinski definition) is 4. The average Bonchev–Trinajstić information content (AvgIpc) is 2.45. The minimum absolute atomic E-state index is 0.111. The maximum Gasteiger partial charge on any atom is 0.259 e. The zero-order valence-electron chi connectivity index (χ0n) is 12.6. The van der Waals surface area contributed by atoms with Gasteiger partial charge in [0.2, 0.25) is 5.91 Å². The first kappa shape index (κ1) is 16.5. The van der Waals surface area contributed by atoms with E-state index in [1.807, 2.05) is 13.8 Å². The summed E-state index contributed by atoms with van der Waals surface area (Å²) in [5.74, 6) is -0.225. The van der Waals surface area contributed by atoms with E-state index >= 15 is 0 Å². The highest BCUT2D eigenvalue weighted by molar-refractivity contribution is 8.00. The van der Waals surface area contributed by atoms with Crippen molar-refractivity contribution in [3.8, 4) is 0 Å². The van der Waals surface area contributed by atoms with Crippen molar-refractivity contribution in [3.63, 3.8) is 0 Å². The van der Waals surface area contributed by atoms with Crippen molar-refractivity contribution in [1.29, 1.82) is 0 Å². The van der Waals surface area contributed by atoms with Gasteiger partial charge >= 0.3 is 0 Å². The molecular formula is C15H18FN3O2S. The number of nitrogens with one attached hydrogen (secondary N) is 2. The minimum atomic E-state index is -0.485. The number of aromatic amines is 1. The number of amides is 1. The molecule has 0 fully saturated rings. The summed E-state index contributed by atoms with van der Waals surface area (Å²) in [7, 11) is 0. The molecule has 1 atom stereocenters. The smallest absolute Gasteiger partial charge is 0.259 e. The molecule has 0 radical (unpaired) electrons. The molecule has 2 rings (SSSR count). The molecule has 0 aliphatic rings. The second kappa shape index (κ2) is 6.91. The molecule has 0 unspecified atom stereocenters. The maximum atomic E-state index is 13.1. The van der Waals surface area contributed by atoms with Gasteiger partial charge in [-0.2, -0.15) is 0 Å². The Kier molecular flexibility index (Phi) is 5.18. The predicted molar refractivity (Wildman–Crippen MR) is 85.5 cm³/mol. The van der Waals surface area contributed by atoms with Gasteiger partial charge in [0.25, 0.3) is 5.56 Å². The summed E-state index contributed by atoms with van der Waals surface area (Å²) in [5, 5.41) is 2.98. The number of halogens is 1. The number of hydrogen-bond donors (Lipinski definition) is 2. The van der Waals surface area contributed by atoms with E-state index in [4.69, 9.17) is 0 Å². The molecule has 0 saturated heterocycles. The molecule has 1 aromatic carbocycles. The quantitative estimate of drug-likeness (QED) is 0.654. The molecule has 1 heterocycles. The zero-order valence-corrected chi connectivity index (χ0v) is 13.5. The second-order valence-corrected chi connectivity index (χ2v) is 6.76. The SMILES string of the molecule is CC(C)CNC(=O)[C@H](C)Sc1nc2ccc(F)cc2c(=O)[nH]1. The van der Waals surface area contributed by atoms with Crippen LogP contribution in [0.5, 0.6) is 0 Å². The summed E-state index contributed by atoms with van der Waals surface area (Å²) >= 11 is 1.16. The van der Waals surface area contributed by atoms with Crippen LogP contribution in [0.15, 0.2) is 28.2 Å². The second-order valence-electron chi connectivity index (χ2n) is 5.43. The van der Waals surface area contributed by atoms with Crippen LogP contribution in [0.3, 0.4) is 0 Å². The Bertz CT molecular complexity index is 745. The lowest BCUT2D eigenvalue weighted by Gasteiger charge is -2.12. The Morgan fingerprint density at radius 3 is 2.82 bits per heavy atom. The van der Waals surface area contributed by atoms with E-state index in [0.717, 1.165) is 17.8 Å². The van der Waals surface area contributed by atoms with Gasteiger partial charge in [0.15, 0.2) is 5.16 Å². The van der Waals surface area contributed by atoms with Crippen LogP contribution in [0.1, 0.15) is 20.8 Å². The lowest BCUT2D eigenvalue weighted by Crippen LogP contribution is -2.33. The van der Waals surface area contributed by atoms with Gasteiger partial charge < -0.3 is 10.3 Å². The summed E-state index contributed by atoms with van der Waals surface area (Å²) in [6.45, 7) is 6.37. The summed E-state index contributed by atoms with van der Waals surface area (Å²) in [5.41, 5.74) is -0.00997. The molecule has 7 heteroatoms. The molecule has 1 aromatic heterocycles. The van der Waals surface area contributed by atoms with Gasteiger partial charge in [-0.05, 0) is 31.0 Å². The van der Waals surface area contributed by atoms with Crippen LogP contribution in [0, 0.1) is 11.7 Å². The first-order valence-electron chi connectivity index (χ1n) is 7.00. The molecule has 2 N–H and O–H groups in total. The summed E-state index contributed by atoms with van der Waals surface area (Å²) in [6.07, 6.45) is 0. The molecule has 118 valence electrons. The number of benzene rings is 1. The fraction of sp³-hybridized carbons (Fsp3) is 0.400. The third-order valence-electron chi connectivity index (χ3n) is 2.99. The number of carbonyl (C=O) groups excluding carboxylic acids is 1. The number of fused-ring (bicyclic) bond motifs is 1. The van der Waals surface area contributed by atoms with Gasteiger partial charge in [0.05, 0.1) is 16.2 Å². The topological polar surface area (TPSA) is 74.8 Å². The molecule has 0 aliphatic carbocycles. The van der Waals surface area contributed by atoms with E-state index < -0.39 is 11.4 Å². The van der Waals surface area contributed by atoms with Crippen molar-refractivity contribution in [2.24, 2.45) is 5.92 Å². The van der Waals surface area contributed by atoms with E-state index in [9.17, 15) is 14.0 Å². The van der Waals surface area contributed by atoms with Crippen molar-refractivity contribution in [2.45, 2.75) is 31.2 Å². The maximum absolute atomic E-state index is 13.1. The standard InChI is InChI=1S/C15H18FN3O2S/c1-8(2)7-17-13(20)9(3)22-15-18-12-5-4-10(16)6-11(12)14(21)19-15/h4-6,8-9H,7H2,1-3H3,(H,17,20)(H,18,19,21)/t9-/m0/s1. The molecule has 22 heavy (non-hydrogen) atoms. The van der Waals surface area contributed by atoms with Gasteiger partial charge in [0, 0.05) is 6.54 Å². The summed E-state index contributed by atoms with van der Waals surface area (Å²) in [6, 6.07) is 3.85. The number of nitrogens with zero attached hydrogens (tertiary/aromatic N) is 1. The van der Waals surface area contributed by atoms with Crippen molar-refractivity contribution < 1.29 is 9.18 Å². The Hall–Kier alpha value is -1.89. The number of carbonyl (C=O) groups is 1. The van der Waals surface area contributed by atoms with Gasteiger partial charge in [-0.25, -0.2) is 9.37 Å². The van der Waals surface area contributed by atoms with Crippen molar-refractivity contribution >= 4 is 28.6 Å². The van der Waals surface area contributed by atoms with Crippen molar-refractivity contribution in [2.75, 3.05) is 6.54 Å². The summed E-state index contributed by atoms with van der Waals surface area (Å²) < 4.78 is 13.1. The van der Waals surface area contributed by atoms with Crippen molar-refractivity contribution in [1.82, 2.24) is 15.3 Å². The molecule has 0 spiro atoms. The highest BCUT2D eigenvalue weighted by Gasteiger charge is 2.16. The fourth-order valence-corrected chi connectivity index (χ4v) is 2.64. The van der Waals surface area contributed by atoms with Crippen molar-refractivity contribution in [3.05, 3.63) is 34.4 Å². The Labute approximate surface area is 131 Å². The largest absolute Gasteiger partial charge is 0.355 e. The van der Waals surface area contributed by atoms with E-state index in [0.29, 0.717) is 23.1 Å². The fourth-order valence-electron chi connectivity index (χ4n) is 1.81. The lowest BCUT2D eigenvalue weighted by molar-refractivity contribution is -0.120. The Morgan fingerprint density at radius 1 is 1.41 bits per heavy atom. The Morgan fingerprint density at radius 2 is 2.14 bits per heavy atom. The first-order valence-corrected chi connectivity index (χ1v) is 7.88. The van der Waals surface area contributed by atoms with Crippen LogP contribution in [0.25, 0.3) is 10.9 Å². The number of aromatic nitrogens is 2. The molecule has 0 aliphatic heterocycles. The first-order chi connectivity index (χ1) is 10.4. The molecule has 1 amide bonds. The predicted octanol–water partition coefficient (Wildman–Crippen LogP) is 2.31. The van der Waals surface area contributed by atoms with Gasteiger partial charge in [-0.3, -0.25) is 9.59 Å². The van der Waals surface area contributed by atoms with Gasteiger partial charge in [-0.1, -0.05) is 25.6 Å². The normalized spacial score (nSPS) is 12.6. The third-order valence-corrected chi connectivity index (χ3v) is 3.97. The lowest BCUT2D eigenvalue weighted by atomic mass is 10.2. The zero-order chi connectivity index (χ0) is 16.3. The number of thioether (sulfide) groups is 1. The van der Waals surface area contributed by atoms with Crippen LogP contribution in [-0.4, -0.2) is 27.7 Å². The number of rotatable bonds is 5. The van der Waals surface area contributed by atoms with Crippen LogP contribution in [0.2, 0.25) is 0 Å². The van der Waals surface area contributed by atoms with Gasteiger partial charge in [-0.15, -0.1) is 0 Å². The van der Waals surface area contributed by atoms with E-state index in [-0.39, 0.29) is 16.5 Å². The molecule has 5 nitrogen and oxygen atoms in total. The van der Waals surface area contributed by atoms with Gasteiger partial charge in [0.1, 0.15) is 5.82 Å². The van der Waals surface area contributed by atoms with E-state index in [1.54, 1.807) is 6.92 Å². The van der Waals surface area contributed by atoms with Crippen LogP contribution in [0.4, 0.5) is 4.39 Å². The Balaban J connectivity index is 2.16. The summed E-state index contributed by atoms with van der Waals surface area (Å²) in [4.78, 5) is 30.7. The minimum Gasteiger partial charge on any atom is -0.355 e.